The Balaban J connectivity index is 1.45. The van der Waals surface area contributed by atoms with Crippen molar-refractivity contribution in [3.8, 4) is 6.07 Å². The lowest BCUT2D eigenvalue weighted by molar-refractivity contribution is -0.184. The molecule has 0 aliphatic heterocycles. The van der Waals surface area contributed by atoms with Gasteiger partial charge in [-0.15, -0.1) is 0 Å². The summed E-state index contributed by atoms with van der Waals surface area (Å²) in [5, 5.41) is 23.7. The molecule has 1 aromatic heterocycles. The number of allylic oxidation sites excluding steroid dienone is 1. The lowest BCUT2D eigenvalue weighted by Gasteiger charge is -2.57. The van der Waals surface area contributed by atoms with Crippen LogP contribution in [0.15, 0.2) is 18.0 Å². The molecular weight excluding hydrogens is 455 g/mol. The number of halogens is 3. The average molecular weight is 490 g/mol. The van der Waals surface area contributed by atoms with Gasteiger partial charge in [0.25, 0.3) is 0 Å². The van der Waals surface area contributed by atoms with Crippen LogP contribution in [0, 0.1) is 58.2 Å². The van der Waals surface area contributed by atoms with Crippen molar-refractivity contribution in [1.82, 2.24) is 9.78 Å². The van der Waals surface area contributed by atoms with E-state index in [9.17, 15) is 23.1 Å². The van der Waals surface area contributed by atoms with Gasteiger partial charge in [-0.05, 0) is 93.3 Å². The third kappa shape index (κ3) is 4.15. The molecule has 35 heavy (non-hydrogen) atoms. The Morgan fingerprint density at radius 3 is 2.60 bits per heavy atom. The van der Waals surface area contributed by atoms with Crippen LogP contribution in [-0.2, 0) is 11.3 Å². The summed E-state index contributed by atoms with van der Waals surface area (Å²) < 4.78 is 44.8. The van der Waals surface area contributed by atoms with Crippen molar-refractivity contribution < 1.29 is 23.1 Å². The molecule has 0 aromatic carbocycles. The highest BCUT2D eigenvalue weighted by molar-refractivity contribution is 5.54. The molecule has 0 saturated heterocycles. The highest BCUT2D eigenvalue weighted by atomic mass is 19.4. The normalized spacial score (nSPS) is 42.8. The summed E-state index contributed by atoms with van der Waals surface area (Å²) in [6.07, 6.45) is 4.43. The zero-order valence-electron chi connectivity index (χ0n) is 20.4. The van der Waals surface area contributed by atoms with E-state index in [4.69, 9.17) is 5.26 Å². The van der Waals surface area contributed by atoms with E-state index in [1.165, 1.54) is 17.1 Å². The second kappa shape index (κ2) is 8.49. The molecular formula is C27H34F3N3O2. The summed E-state index contributed by atoms with van der Waals surface area (Å²) in [5.74, 6) is 0.903. The van der Waals surface area contributed by atoms with Gasteiger partial charge in [0, 0.05) is 17.7 Å². The summed E-state index contributed by atoms with van der Waals surface area (Å²) >= 11 is 0. The summed E-state index contributed by atoms with van der Waals surface area (Å²) in [4.78, 5) is 12.1. The highest BCUT2D eigenvalue weighted by Gasteiger charge is 2.65. The molecule has 0 amide bonds. The molecule has 5 rings (SSSR count). The minimum absolute atomic E-state index is 0.0642. The molecule has 4 saturated carbocycles. The van der Waals surface area contributed by atoms with E-state index in [-0.39, 0.29) is 30.4 Å². The van der Waals surface area contributed by atoms with Crippen molar-refractivity contribution in [3.05, 3.63) is 23.5 Å². The number of aromatic nitrogens is 2. The van der Waals surface area contributed by atoms with Crippen LogP contribution in [0.5, 0.6) is 0 Å². The van der Waals surface area contributed by atoms with Gasteiger partial charge in [0.15, 0.2) is 0 Å². The van der Waals surface area contributed by atoms with Gasteiger partial charge in [0.05, 0.1) is 29.8 Å². The smallest absolute Gasteiger partial charge is 0.390 e. The molecule has 1 heterocycles. The van der Waals surface area contributed by atoms with Crippen LogP contribution in [0.1, 0.15) is 70.8 Å². The Hall–Kier alpha value is -2.10. The van der Waals surface area contributed by atoms with Crippen LogP contribution >= 0.6 is 0 Å². The number of nitriles is 1. The van der Waals surface area contributed by atoms with E-state index in [1.807, 2.05) is 25.9 Å². The quantitative estimate of drug-likeness (QED) is 0.583. The molecule has 0 radical (unpaired) electrons. The minimum atomic E-state index is -4.40. The second-order valence-electron chi connectivity index (χ2n) is 12.2. The van der Waals surface area contributed by atoms with Gasteiger partial charge in [-0.25, -0.2) is 4.79 Å². The van der Waals surface area contributed by atoms with Crippen LogP contribution in [0.3, 0.4) is 0 Å². The number of nitrogens with zero attached hydrogens (tertiary/aromatic N) is 3. The summed E-state index contributed by atoms with van der Waals surface area (Å²) in [7, 11) is 0. The zero-order valence-corrected chi connectivity index (χ0v) is 20.4. The zero-order chi connectivity index (χ0) is 25.2. The molecule has 0 bridgehead atoms. The predicted molar refractivity (Wildman–Crippen MR) is 122 cm³/mol. The number of carbonyl (C=O) groups excluding carboxylic acids is 1. The molecule has 4 fully saturated rings. The molecule has 4 unspecified atom stereocenters. The number of hydrogen-bond acceptors (Lipinski definition) is 4. The van der Waals surface area contributed by atoms with Crippen LogP contribution in [0.4, 0.5) is 13.2 Å². The van der Waals surface area contributed by atoms with E-state index in [1.54, 1.807) is 0 Å². The monoisotopic (exact) mass is 489 g/mol. The summed E-state index contributed by atoms with van der Waals surface area (Å²) in [6, 6.07) is 1.97. The number of aliphatic hydroxyl groups is 1. The fourth-order valence-corrected chi connectivity index (χ4v) is 8.97. The van der Waals surface area contributed by atoms with Gasteiger partial charge in [0.2, 0.25) is 0 Å². The number of rotatable bonds is 3. The largest absolute Gasteiger partial charge is 0.392 e. The molecule has 1 N–H and O–H groups in total. The first-order chi connectivity index (χ1) is 16.5. The Morgan fingerprint density at radius 2 is 1.94 bits per heavy atom. The SMILES string of the molecule is C[C@@]1(O)CC[C@@H]2C3CC[C@@]4(C)C(C[C@@H](C(F)(F)F)C4C(=C=O)Cn4cc(C#N)cn4)C3CC[C@@H]2C1. The number of alkyl halides is 3. The van der Waals surface area contributed by atoms with E-state index in [0.29, 0.717) is 29.7 Å². The van der Waals surface area contributed by atoms with Crippen molar-refractivity contribution in [1.29, 1.82) is 5.26 Å². The minimum Gasteiger partial charge on any atom is -0.390 e. The van der Waals surface area contributed by atoms with Crippen LogP contribution in [0.25, 0.3) is 0 Å². The molecule has 4 aliphatic carbocycles. The van der Waals surface area contributed by atoms with Crippen molar-refractivity contribution in [3.63, 3.8) is 0 Å². The van der Waals surface area contributed by atoms with Gasteiger partial charge in [0.1, 0.15) is 12.0 Å². The Morgan fingerprint density at radius 1 is 1.20 bits per heavy atom. The molecule has 9 atom stereocenters. The number of hydrogen-bond donors (Lipinski definition) is 1. The molecule has 190 valence electrons. The number of fused-ring (bicyclic) bond motifs is 5. The maximum atomic E-state index is 14.5. The first kappa shape index (κ1) is 24.6. The predicted octanol–water partition coefficient (Wildman–Crippen LogP) is 5.32. The van der Waals surface area contributed by atoms with Crippen molar-refractivity contribution in [2.75, 3.05) is 0 Å². The Kier molecular flexibility index (Phi) is 5.96. The fourth-order valence-electron chi connectivity index (χ4n) is 8.97. The fraction of sp³-hybridized carbons (Fsp3) is 0.778. The van der Waals surface area contributed by atoms with Crippen LogP contribution in [0.2, 0.25) is 0 Å². The lowest BCUT2D eigenvalue weighted by Crippen LogP contribution is -2.50. The maximum Gasteiger partial charge on any atom is 0.392 e. The third-order valence-corrected chi connectivity index (χ3v) is 10.3. The van der Waals surface area contributed by atoms with Gasteiger partial charge >= 0.3 is 6.18 Å². The van der Waals surface area contributed by atoms with Gasteiger partial charge in [-0.2, -0.15) is 23.5 Å². The maximum absolute atomic E-state index is 14.5. The van der Waals surface area contributed by atoms with Gasteiger partial charge in [-0.1, -0.05) is 6.92 Å². The second-order valence-corrected chi connectivity index (χ2v) is 12.2. The molecule has 8 heteroatoms. The molecule has 4 aliphatic rings. The van der Waals surface area contributed by atoms with Gasteiger partial charge in [-0.3, -0.25) is 4.68 Å². The molecule has 1 aromatic rings. The van der Waals surface area contributed by atoms with E-state index in [0.717, 1.165) is 38.5 Å². The highest BCUT2D eigenvalue weighted by Crippen LogP contribution is 2.68. The van der Waals surface area contributed by atoms with E-state index < -0.39 is 29.0 Å². The lowest BCUT2D eigenvalue weighted by atomic mass is 9.48. The first-order valence-corrected chi connectivity index (χ1v) is 12.9. The van der Waals surface area contributed by atoms with Crippen molar-refractivity contribution in [2.45, 2.75) is 83.5 Å². The topological polar surface area (TPSA) is 78.9 Å². The first-order valence-electron chi connectivity index (χ1n) is 12.9. The molecule has 5 nitrogen and oxygen atoms in total. The van der Waals surface area contributed by atoms with Crippen LogP contribution in [-0.4, -0.2) is 32.6 Å². The van der Waals surface area contributed by atoms with Crippen molar-refractivity contribution in [2.24, 2.45) is 46.8 Å². The summed E-state index contributed by atoms with van der Waals surface area (Å²) in [5.41, 5.74) is -0.821. The van der Waals surface area contributed by atoms with E-state index >= 15 is 0 Å². The third-order valence-electron chi connectivity index (χ3n) is 10.3. The van der Waals surface area contributed by atoms with Crippen LogP contribution < -0.4 is 0 Å². The van der Waals surface area contributed by atoms with Crippen molar-refractivity contribution >= 4 is 5.94 Å². The van der Waals surface area contributed by atoms with E-state index in [2.05, 4.69) is 5.10 Å². The Labute approximate surface area is 204 Å². The standard InChI is InChI=1S/C27H34F3N3O2/c1-25(35)7-5-19-17(10-25)3-4-21-20(19)6-8-26(2)22(21)9-23(27(28,29)30)24(26)18(15-34)14-33-13-16(11-31)12-32-33/h12-13,17,19-24,35H,3-10,14H2,1-2H3/t17-,19+,20?,21?,22?,23-,24?,25-,26+/m1/s1. The average Bonchev–Trinajstić information content (AvgIpc) is 3.38. The molecule has 0 spiro atoms. The van der Waals surface area contributed by atoms with Gasteiger partial charge < -0.3 is 5.11 Å². The Bertz CT molecular complexity index is 1070. The summed E-state index contributed by atoms with van der Waals surface area (Å²) in [6.45, 7) is 3.82.